The van der Waals surface area contributed by atoms with Crippen molar-refractivity contribution in [3.63, 3.8) is 0 Å². The Hall–Kier alpha value is -1.45. The standard InChI is InChI=1S/C16H22F2N4O.HI/c1-3-15(23)22-7-6-13(10-22)21-16(19-2)20-9-11-8-12(17)4-5-14(11)18;/h4-5,8,13H,3,6-7,9-10H2,1-2H3,(H2,19,20,21);1H. The summed E-state index contributed by atoms with van der Waals surface area (Å²) in [5.74, 6) is -0.297. The number of nitrogens with one attached hydrogen (secondary N) is 2. The molecule has 1 heterocycles. The van der Waals surface area contributed by atoms with E-state index in [1.807, 2.05) is 11.8 Å². The normalized spacial score (nSPS) is 17.4. The molecule has 0 radical (unpaired) electrons. The molecule has 1 aromatic carbocycles. The number of hydrogen-bond acceptors (Lipinski definition) is 2. The van der Waals surface area contributed by atoms with E-state index in [1.165, 1.54) is 0 Å². The molecule has 0 saturated carbocycles. The fourth-order valence-corrected chi connectivity index (χ4v) is 2.57. The lowest BCUT2D eigenvalue weighted by Gasteiger charge is -2.19. The molecule has 1 amide bonds. The number of amides is 1. The lowest BCUT2D eigenvalue weighted by atomic mass is 10.2. The third-order valence-electron chi connectivity index (χ3n) is 3.86. The lowest BCUT2D eigenvalue weighted by molar-refractivity contribution is -0.129. The molecule has 5 nitrogen and oxygen atoms in total. The molecule has 0 aromatic heterocycles. The maximum Gasteiger partial charge on any atom is 0.222 e. The second kappa shape index (κ2) is 9.75. The summed E-state index contributed by atoms with van der Waals surface area (Å²) in [5.41, 5.74) is 0.238. The Labute approximate surface area is 157 Å². The van der Waals surface area contributed by atoms with Gasteiger partial charge in [0, 0.05) is 44.7 Å². The minimum atomic E-state index is -0.476. The van der Waals surface area contributed by atoms with E-state index in [1.54, 1.807) is 7.05 Å². The van der Waals surface area contributed by atoms with Crippen molar-refractivity contribution in [2.45, 2.75) is 32.4 Å². The molecule has 24 heavy (non-hydrogen) atoms. The Kier molecular flexibility index (Phi) is 8.37. The van der Waals surface area contributed by atoms with Crippen LogP contribution in [-0.2, 0) is 11.3 Å². The van der Waals surface area contributed by atoms with Crippen LogP contribution in [0.5, 0.6) is 0 Å². The van der Waals surface area contributed by atoms with Crippen molar-refractivity contribution < 1.29 is 13.6 Å². The quantitative estimate of drug-likeness (QED) is 0.419. The minimum Gasteiger partial charge on any atom is -0.352 e. The Morgan fingerprint density at radius 3 is 2.83 bits per heavy atom. The van der Waals surface area contributed by atoms with Gasteiger partial charge in [0.1, 0.15) is 11.6 Å². The second-order valence-corrected chi connectivity index (χ2v) is 5.48. The van der Waals surface area contributed by atoms with Crippen LogP contribution in [0.2, 0.25) is 0 Å². The van der Waals surface area contributed by atoms with E-state index in [2.05, 4.69) is 15.6 Å². The Balaban J connectivity index is 0.00000288. The molecule has 1 aliphatic heterocycles. The average Bonchev–Trinajstić information content (AvgIpc) is 3.02. The average molecular weight is 452 g/mol. The molecule has 134 valence electrons. The summed E-state index contributed by atoms with van der Waals surface area (Å²) in [6, 6.07) is 3.46. The number of rotatable bonds is 4. The predicted molar refractivity (Wildman–Crippen MR) is 100 cm³/mol. The number of benzene rings is 1. The summed E-state index contributed by atoms with van der Waals surface area (Å²) in [7, 11) is 1.61. The van der Waals surface area contributed by atoms with Crippen LogP contribution in [-0.4, -0.2) is 42.9 Å². The van der Waals surface area contributed by atoms with Crippen LogP contribution in [0.25, 0.3) is 0 Å². The highest BCUT2D eigenvalue weighted by Gasteiger charge is 2.25. The van der Waals surface area contributed by atoms with Gasteiger partial charge in [-0.3, -0.25) is 9.79 Å². The zero-order chi connectivity index (χ0) is 16.8. The third-order valence-corrected chi connectivity index (χ3v) is 3.86. The summed E-state index contributed by atoms with van der Waals surface area (Å²) >= 11 is 0. The smallest absolute Gasteiger partial charge is 0.222 e. The van der Waals surface area contributed by atoms with Crippen LogP contribution < -0.4 is 10.6 Å². The number of aliphatic imine (C=N–C) groups is 1. The molecule has 1 fully saturated rings. The summed E-state index contributed by atoms with van der Waals surface area (Å²) in [6.07, 6.45) is 1.33. The molecule has 0 spiro atoms. The van der Waals surface area contributed by atoms with E-state index < -0.39 is 11.6 Å². The Morgan fingerprint density at radius 1 is 1.42 bits per heavy atom. The van der Waals surface area contributed by atoms with Crippen molar-refractivity contribution in [1.29, 1.82) is 0 Å². The molecule has 0 aliphatic carbocycles. The molecule has 2 N–H and O–H groups in total. The SMILES string of the molecule is CCC(=O)N1CCC(NC(=NC)NCc2cc(F)ccc2F)C1.I. The number of hydrogen-bond donors (Lipinski definition) is 2. The van der Waals surface area contributed by atoms with Crippen molar-refractivity contribution in [3.05, 3.63) is 35.4 Å². The van der Waals surface area contributed by atoms with Crippen molar-refractivity contribution in [1.82, 2.24) is 15.5 Å². The topological polar surface area (TPSA) is 56.7 Å². The molecule has 8 heteroatoms. The van der Waals surface area contributed by atoms with E-state index in [4.69, 9.17) is 0 Å². The monoisotopic (exact) mass is 452 g/mol. The number of nitrogens with zero attached hydrogens (tertiary/aromatic N) is 2. The van der Waals surface area contributed by atoms with Gasteiger partial charge in [-0.2, -0.15) is 0 Å². The van der Waals surface area contributed by atoms with Crippen molar-refractivity contribution in [2.24, 2.45) is 4.99 Å². The summed E-state index contributed by atoms with van der Waals surface area (Å²) in [5, 5.41) is 6.18. The van der Waals surface area contributed by atoms with Gasteiger partial charge >= 0.3 is 0 Å². The first-order valence-electron chi connectivity index (χ1n) is 7.72. The highest BCUT2D eigenvalue weighted by Crippen LogP contribution is 2.11. The summed E-state index contributed by atoms with van der Waals surface area (Å²) < 4.78 is 26.8. The van der Waals surface area contributed by atoms with Gasteiger partial charge in [-0.15, -0.1) is 24.0 Å². The van der Waals surface area contributed by atoms with E-state index in [0.29, 0.717) is 18.9 Å². The van der Waals surface area contributed by atoms with Gasteiger partial charge in [-0.25, -0.2) is 8.78 Å². The molecule has 1 aromatic rings. The summed E-state index contributed by atoms with van der Waals surface area (Å²) in [4.78, 5) is 17.6. The number of carbonyl (C=O) groups is 1. The van der Waals surface area contributed by atoms with E-state index in [9.17, 15) is 13.6 Å². The number of guanidine groups is 1. The number of carbonyl (C=O) groups excluding carboxylic acids is 1. The first kappa shape index (κ1) is 20.6. The van der Waals surface area contributed by atoms with Crippen LogP contribution in [0.3, 0.4) is 0 Å². The van der Waals surface area contributed by atoms with Crippen molar-refractivity contribution in [2.75, 3.05) is 20.1 Å². The highest BCUT2D eigenvalue weighted by atomic mass is 127. The largest absolute Gasteiger partial charge is 0.352 e. The maximum atomic E-state index is 13.6. The number of likely N-dealkylation sites (tertiary alicyclic amines) is 1. The van der Waals surface area contributed by atoms with Gasteiger partial charge < -0.3 is 15.5 Å². The van der Waals surface area contributed by atoms with Gasteiger partial charge in [0.05, 0.1) is 0 Å². The Bertz CT molecular complexity index is 597. The fourth-order valence-electron chi connectivity index (χ4n) is 2.57. The van der Waals surface area contributed by atoms with Crippen LogP contribution in [0.4, 0.5) is 8.78 Å². The maximum absolute atomic E-state index is 13.6. The first-order valence-corrected chi connectivity index (χ1v) is 7.72. The molecular weight excluding hydrogens is 429 g/mol. The third kappa shape index (κ3) is 5.57. The van der Waals surface area contributed by atoms with Crippen LogP contribution in [0.15, 0.2) is 23.2 Å². The van der Waals surface area contributed by atoms with Crippen molar-refractivity contribution >= 4 is 35.8 Å². The van der Waals surface area contributed by atoms with E-state index >= 15 is 0 Å². The molecule has 1 aliphatic rings. The molecule has 2 rings (SSSR count). The van der Waals surface area contributed by atoms with Gasteiger partial charge in [0.2, 0.25) is 5.91 Å². The van der Waals surface area contributed by atoms with E-state index in [-0.39, 0.29) is 48.0 Å². The van der Waals surface area contributed by atoms with Crippen LogP contribution >= 0.6 is 24.0 Å². The molecule has 1 atom stereocenters. The van der Waals surface area contributed by atoms with E-state index in [0.717, 1.165) is 31.2 Å². The first-order chi connectivity index (χ1) is 11.0. The highest BCUT2D eigenvalue weighted by molar-refractivity contribution is 14.0. The lowest BCUT2D eigenvalue weighted by Crippen LogP contribution is -2.44. The van der Waals surface area contributed by atoms with Gasteiger partial charge in [-0.1, -0.05) is 6.92 Å². The van der Waals surface area contributed by atoms with Gasteiger partial charge in [0.15, 0.2) is 5.96 Å². The fraction of sp³-hybridized carbons (Fsp3) is 0.500. The zero-order valence-corrected chi connectivity index (χ0v) is 16.1. The second-order valence-electron chi connectivity index (χ2n) is 5.48. The van der Waals surface area contributed by atoms with Gasteiger partial charge in [0.25, 0.3) is 0 Å². The molecular formula is C16H23F2IN4O. The van der Waals surface area contributed by atoms with Crippen LogP contribution in [0.1, 0.15) is 25.3 Å². The zero-order valence-electron chi connectivity index (χ0n) is 13.8. The molecule has 1 unspecified atom stereocenters. The van der Waals surface area contributed by atoms with Gasteiger partial charge in [-0.05, 0) is 24.6 Å². The van der Waals surface area contributed by atoms with Crippen molar-refractivity contribution in [3.8, 4) is 0 Å². The minimum absolute atomic E-state index is 0. The molecule has 1 saturated heterocycles. The predicted octanol–water partition coefficient (Wildman–Crippen LogP) is 2.26. The molecule has 0 bridgehead atoms. The Morgan fingerprint density at radius 2 is 2.17 bits per heavy atom. The summed E-state index contributed by atoms with van der Waals surface area (Å²) in [6.45, 7) is 3.33. The number of halogens is 3. The van der Waals surface area contributed by atoms with Crippen LogP contribution in [0, 0.1) is 11.6 Å².